The zero-order valence-corrected chi connectivity index (χ0v) is 16.4. The summed E-state index contributed by atoms with van der Waals surface area (Å²) in [7, 11) is 0. The van der Waals surface area contributed by atoms with E-state index in [1.165, 1.54) is 12.1 Å². The lowest BCUT2D eigenvalue weighted by molar-refractivity contribution is -0.137. The average Bonchev–Trinajstić information content (AvgIpc) is 2.76. The third kappa shape index (κ3) is 5.17. The number of hydrogen-bond acceptors (Lipinski definition) is 4. The molecule has 1 aliphatic rings. The molecule has 0 spiro atoms. The van der Waals surface area contributed by atoms with Crippen molar-refractivity contribution in [2.75, 3.05) is 13.2 Å². The number of rotatable bonds is 7. The minimum absolute atomic E-state index is 0.0391. The van der Waals surface area contributed by atoms with Gasteiger partial charge in [-0.1, -0.05) is 38.3 Å². The average molecular weight is 426 g/mol. The summed E-state index contributed by atoms with van der Waals surface area (Å²) in [4.78, 5) is 12.1. The maximum atomic E-state index is 13.7. The lowest BCUT2D eigenvalue weighted by Gasteiger charge is -2.30. The van der Waals surface area contributed by atoms with Gasteiger partial charge in [-0.25, -0.2) is 13.6 Å². The van der Waals surface area contributed by atoms with Crippen molar-refractivity contribution >= 4 is 5.97 Å². The van der Waals surface area contributed by atoms with Crippen LogP contribution in [0.15, 0.2) is 30.3 Å². The number of hydrogen-bond donors (Lipinski definition) is 0. The summed E-state index contributed by atoms with van der Waals surface area (Å²) in [6, 6.07) is 5.98. The fourth-order valence-electron chi connectivity index (χ4n) is 3.15. The maximum absolute atomic E-state index is 13.7. The Kier molecular flexibility index (Phi) is 7.44. The minimum atomic E-state index is -1.78. The van der Waals surface area contributed by atoms with E-state index in [1.54, 1.807) is 12.1 Å². The highest BCUT2D eigenvalue weighted by atomic mass is 19.2. The van der Waals surface area contributed by atoms with Gasteiger partial charge in [-0.15, -0.1) is 0 Å². The van der Waals surface area contributed by atoms with E-state index in [0.29, 0.717) is 13.2 Å². The first-order chi connectivity index (χ1) is 14.4. The molecular weight excluding hydrogens is 404 g/mol. The molecule has 2 unspecified atom stereocenters. The van der Waals surface area contributed by atoms with Gasteiger partial charge >= 0.3 is 5.97 Å². The smallest absolute Gasteiger partial charge is 0.343 e. The number of carbonyl (C=O) groups excluding carboxylic acids is 1. The molecule has 8 heteroatoms. The number of carbonyl (C=O) groups is 1. The molecular formula is C22H22F4O4. The molecule has 3 rings (SSSR count). The lowest BCUT2D eigenvalue weighted by atomic mass is 10.1. The third-order valence-corrected chi connectivity index (χ3v) is 4.88. The molecule has 4 nitrogen and oxygen atoms in total. The molecule has 0 radical (unpaired) electrons. The lowest BCUT2D eigenvalue weighted by Crippen LogP contribution is -2.31. The molecule has 0 bridgehead atoms. The summed E-state index contributed by atoms with van der Waals surface area (Å²) in [5.74, 6) is -9.44. The van der Waals surface area contributed by atoms with Crippen molar-refractivity contribution in [3.05, 3.63) is 64.7 Å². The Bertz CT molecular complexity index is 851. The van der Waals surface area contributed by atoms with Gasteiger partial charge in [0.1, 0.15) is 6.10 Å². The second kappa shape index (κ2) is 10.0. The van der Waals surface area contributed by atoms with E-state index >= 15 is 0 Å². The fraction of sp³-hybridized carbons (Fsp3) is 0.409. The predicted octanol–water partition coefficient (Wildman–Crippen LogP) is 5.50. The van der Waals surface area contributed by atoms with E-state index in [-0.39, 0.29) is 23.8 Å². The highest BCUT2D eigenvalue weighted by Gasteiger charge is 2.25. The Balaban J connectivity index is 1.61. The highest BCUT2D eigenvalue weighted by Crippen LogP contribution is 2.28. The van der Waals surface area contributed by atoms with Crippen molar-refractivity contribution in [3.8, 4) is 5.75 Å². The van der Waals surface area contributed by atoms with Crippen LogP contribution in [0.3, 0.4) is 0 Å². The van der Waals surface area contributed by atoms with Crippen molar-refractivity contribution in [2.24, 2.45) is 0 Å². The van der Waals surface area contributed by atoms with Crippen LogP contribution in [0.2, 0.25) is 0 Å². The van der Waals surface area contributed by atoms with Crippen LogP contribution in [0.4, 0.5) is 17.6 Å². The Morgan fingerprint density at radius 2 is 1.67 bits per heavy atom. The van der Waals surface area contributed by atoms with Crippen LogP contribution in [0, 0.1) is 23.3 Å². The predicted molar refractivity (Wildman–Crippen MR) is 100 cm³/mol. The summed E-state index contributed by atoms with van der Waals surface area (Å²) in [6.07, 6.45) is 4.08. The fourth-order valence-corrected chi connectivity index (χ4v) is 3.15. The number of esters is 1. The Morgan fingerprint density at radius 3 is 2.23 bits per heavy atom. The van der Waals surface area contributed by atoms with E-state index < -0.39 is 35.0 Å². The molecule has 1 aliphatic heterocycles. The quantitative estimate of drug-likeness (QED) is 0.193. The number of unbranched alkanes of at least 4 members (excludes halogenated alkanes) is 2. The van der Waals surface area contributed by atoms with Crippen LogP contribution >= 0.6 is 0 Å². The number of halogens is 4. The second-order valence-electron chi connectivity index (χ2n) is 7.08. The monoisotopic (exact) mass is 426 g/mol. The van der Waals surface area contributed by atoms with Gasteiger partial charge in [0.15, 0.2) is 11.6 Å². The largest absolute Gasteiger partial charge is 0.416 e. The van der Waals surface area contributed by atoms with E-state index in [0.717, 1.165) is 31.2 Å². The summed E-state index contributed by atoms with van der Waals surface area (Å²) >= 11 is 0. The molecule has 2 aromatic rings. The summed E-state index contributed by atoms with van der Waals surface area (Å²) in [5.41, 5.74) is 0.712. The molecule has 0 aromatic heterocycles. The van der Waals surface area contributed by atoms with E-state index in [1.807, 2.05) is 0 Å². The summed E-state index contributed by atoms with van der Waals surface area (Å²) in [5, 5.41) is 0. The Morgan fingerprint density at radius 1 is 1.00 bits per heavy atom. The molecule has 0 saturated carbocycles. The van der Waals surface area contributed by atoms with Gasteiger partial charge in [0.2, 0.25) is 17.4 Å². The molecule has 0 aliphatic carbocycles. The second-order valence-corrected chi connectivity index (χ2v) is 7.08. The van der Waals surface area contributed by atoms with Gasteiger partial charge in [0, 0.05) is 6.07 Å². The molecule has 1 saturated heterocycles. The SMILES string of the molecule is CCCCCC1COC(c2ccc(C(=O)Oc3c(F)c(F)cc(F)c3F)cc2)CO1. The zero-order chi connectivity index (χ0) is 21.7. The van der Waals surface area contributed by atoms with E-state index in [2.05, 4.69) is 11.7 Å². The third-order valence-electron chi connectivity index (χ3n) is 4.88. The van der Waals surface area contributed by atoms with Crippen molar-refractivity contribution < 1.29 is 36.6 Å². The van der Waals surface area contributed by atoms with Crippen LogP contribution in [-0.4, -0.2) is 25.3 Å². The first-order valence-corrected chi connectivity index (χ1v) is 9.79. The van der Waals surface area contributed by atoms with Gasteiger partial charge < -0.3 is 14.2 Å². The van der Waals surface area contributed by atoms with Crippen LogP contribution in [0.1, 0.15) is 54.6 Å². The van der Waals surface area contributed by atoms with Crippen molar-refractivity contribution in [3.63, 3.8) is 0 Å². The van der Waals surface area contributed by atoms with Gasteiger partial charge in [-0.3, -0.25) is 0 Å². The highest BCUT2D eigenvalue weighted by molar-refractivity contribution is 5.91. The molecule has 2 aromatic carbocycles. The van der Waals surface area contributed by atoms with Gasteiger partial charge in [0.25, 0.3) is 0 Å². The maximum Gasteiger partial charge on any atom is 0.343 e. The topological polar surface area (TPSA) is 44.8 Å². The number of benzene rings is 2. The van der Waals surface area contributed by atoms with Crippen LogP contribution in [0.5, 0.6) is 5.75 Å². The standard InChI is InChI=1S/C22H22F4O4/c1-2-3-4-5-15-11-29-18(12-28-15)13-6-8-14(9-7-13)22(27)30-21-19(25)16(23)10-17(24)20(21)26/h6-10,15,18H,2-5,11-12H2,1H3. The van der Waals surface area contributed by atoms with Crippen molar-refractivity contribution in [1.29, 1.82) is 0 Å². The molecule has 162 valence electrons. The Hall–Kier alpha value is -2.45. The minimum Gasteiger partial charge on any atom is -0.416 e. The van der Waals surface area contributed by atoms with E-state index in [9.17, 15) is 22.4 Å². The van der Waals surface area contributed by atoms with Crippen LogP contribution in [0.25, 0.3) is 0 Å². The first kappa shape index (κ1) is 22.2. The molecule has 0 N–H and O–H groups in total. The molecule has 30 heavy (non-hydrogen) atoms. The van der Waals surface area contributed by atoms with Gasteiger partial charge in [-0.05, 0) is 24.1 Å². The first-order valence-electron chi connectivity index (χ1n) is 9.79. The van der Waals surface area contributed by atoms with E-state index in [4.69, 9.17) is 9.47 Å². The summed E-state index contributed by atoms with van der Waals surface area (Å²) in [6.45, 7) is 2.98. The molecule has 0 amide bonds. The molecule has 1 fully saturated rings. The summed E-state index contributed by atoms with van der Waals surface area (Å²) < 4.78 is 70.0. The van der Waals surface area contributed by atoms with Crippen LogP contribution in [-0.2, 0) is 9.47 Å². The van der Waals surface area contributed by atoms with Gasteiger partial charge in [0.05, 0.1) is 24.9 Å². The van der Waals surface area contributed by atoms with Crippen molar-refractivity contribution in [2.45, 2.75) is 44.8 Å². The molecule has 1 heterocycles. The number of ether oxygens (including phenoxy) is 3. The zero-order valence-electron chi connectivity index (χ0n) is 16.4. The van der Waals surface area contributed by atoms with Crippen LogP contribution < -0.4 is 4.74 Å². The molecule has 2 atom stereocenters. The normalized spacial score (nSPS) is 19.0. The Labute approximate surface area is 171 Å². The van der Waals surface area contributed by atoms with Crippen molar-refractivity contribution in [1.82, 2.24) is 0 Å². The van der Waals surface area contributed by atoms with Gasteiger partial charge in [-0.2, -0.15) is 8.78 Å².